The number of amides is 1. The highest BCUT2D eigenvalue weighted by Gasteiger charge is 2.68. The highest BCUT2D eigenvalue weighted by atomic mass is 32.1. The van der Waals surface area contributed by atoms with E-state index in [-0.39, 0.29) is 11.4 Å². The number of nitrogens with one attached hydrogen (secondary N) is 1. The van der Waals surface area contributed by atoms with E-state index < -0.39 is 0 Å². The average Bonchev–Trinajstić information content (AvgIpc) is 3.47. The van der Waals surface area contributed by atoms with Crippen molar-refractivity contribution in [3.63, 3.8) is 0 Å². The van der Waals surface area contributed by atoms with Crippen molar-refractivity contribution in [2.45, 2.75) is 50.4 Å². The molecule has 1 aliphatic heterocycles. The average molecular weight is 448 g/mol. The van der Waals surface area contributed by atoms with E-state index >= 15 is 0 Å². The van der Waals surface area contributed by atoms with Gasteiger partial charge in [0.15, 0.2) is 17.0 Å². The standard InChI is InChI=1S/C23H21N5O3S/c1-12(29)27-23-8-13-5-16(23)18(9-23)28(13)11-15-6-17-19(30-15)7-14(10-25-17)31-22-26-21-20(32-22)3-2-4-24-21/h2-4,6-7,10,13,16,18H,5,8-9,11H2,1H3,(H,27,29). The van der Waals surface area contributed by atoms with Crippen LogP contribution in [0.25, 0.3) is 21.4 Å². The van der Waals surface area contributed by atoms with Crippen LogP contribution in [0.1, 0.15) is 31.9 Å². The molecule has 5 heterocycles. The van der Waals surface area contributed by atoms with Gasteiger partial charge in [-0.25, -0.2) is 9.97 Å². The van der Waals surface area contributed by atoms with Gasteiger partial charge in [0.05, 0.1) is 17.4 Å². The van der Waals surface area contributed by atoms with Gasteiger partial charge in [-0.15, -0.1) is 0 Å². The monoisotopic (exact) mass is 447 g/mol. The second-order valence-corrected chi connectivity index (χ2v) is 10.1. The fourth-order valence-electron chi connectivity index (χ4n) is 6.11. The molecule has 4 unspecified atom stereocenters. The van der Waals surface area contributed by atoms with Gasteiger partial charge in [0.2, 0.25) is 5.91 Å². The van der Waals surface area contributed by atoms with Crippen molar-refractivity contribution < 1.29 is 13.9 Å². The first-order chi connectivity index (χ1) is 15.6. The molecular weight excluding hydrogens is 426 g/mol. The lowest BCUT2D eigenvalue weighted by atomic mass is 9.63. The maximum Gasteiger partial charge on any atom is 0.281 e. The minimum atomic E-state index is 0.0511. The summed E-state index contributed by atoms with van der Waals surface area (Å²) in [5.41, 5.74) is 2.27. The lowest BCUT2D eigenvalue weighted by Crippen LogP contribution is -2.70. The molecule has 9 heteroatoms. The molecule has 4 aromatic rings. The van der Waals surface area contributed by atoms with Gasteiger partial charge in [-0.05, 0) is 37.3 Å². The van der Waals surface area contributed by atoms with Crippen LogP contribution in [0.2, 0.25) is 0 Å². The molecule has 162 valence electrons. The molecule has 1 saturated heterocycles. The van der Waals surface area contributed by atoms with Gasteiger partial charge in [0, 0.05) is 42.9 Å². The van der Waals surface area contributed by atoms with Gasteiger partial charge in [-0.2, -0.15) is 4.98 Å². The third-order valence-electron chi connectivity index (χ3n) is 7.28. The van der Waals surface area contributed by atoms with Crippen molar-refractivity contribution in [1.82, 2.24) is 25.2 Å². The number of carbonyl (C=O) groups excluding carboxylic acids is 1. The summed E-state index contributed by atoms with van der Waals surface area (Å²) in [7, 11) is 0. The third kappa shape index (κ3) is 2.70. The van der Waals surface area contributed by atoms with E-state index in [0.717, 1.165) is 35.4 Å². The van der Waals surface area contributed by atoms with E-state index in [1.807, 2.05) is 24.3 Å². The van der Waals surface area contributed by atoms with Gasteiger partial charge < -0.3 is 14.5 Å². The topological polar surface area (TPSA) is 93.4 Å². The summed E-state index contributed by atoms with van der Waals surface area (Å²) in [4.78, 5) is 27.3. The fraction of sp³-hybridized carbons (Fsp3) is 0.391. The number of carbonyl (C=O) groups is 1. The molecule has 3 aliphatic rings. The van der Waals surface area contributed by atoms with Crippen molar-refractivity contribution in [3.05, 3.63) is 42.4 Å². The van der Waals surface area contributed by atoms with Crippen molar-refractivity contribution in [2.24, 2.45) is 5.92 Å². The number of fused-ring (bicyclic) bond motifs is 3. The first kappa shape index (κ1) is 18.5. The molecule has 2 aliphatic carbocycles. The van der Waals surface area contributed by atoms with Crippen molar-refractivity contribution in [2.75, 3.05) is 0 Å². The normalized spacial score (nSPS) is 28.3. The van der Waals surface area contributed by atoms with Gasteiger partial charge in [0.1, 0.15) is 11.3 Å². The number of furan rings is 1. The zero-order valence-corrected chi connectivity index (χ0v) is 18.3. The van der Waals surface area contributed by atoms with E-state index in [1.165, 1.54) is 17.8 Å². The van der Waals surface area contributed by atoms with E-state index in [0.29, 0.717) is 40.2 Å². The minimum Gasteiger partial charge on any atom is -0.458 e. The van der Waals surface area contributed by atoms with Gasteiger partial charge in [0.25, 0.3) is 5.19 Å². The van der Waals surface area contributed by atoms with Crippen LogP contribution in [0.5, 0.6) is 10.9 Å². The second-order valence-electron chi connectivity index (χ2n) is 9.16. The Morgan fingerprint density at radius 1 is 1.38 bits per heavy atom. The lowest BCUT2D eigenvalue weighted by Gasteiger charge is -2.57. The van der Waals surface area contributed by atoms with E-state index in [4.69, 9.17) is 9.15 Å². The number of hydrogen-bond donors (Lipinski definition) is 1. The highest BCUT2D eigenvalue weighted by Crippen LogP contribution is 2.60. The maximum atomic E-state index is 11.6. The molecule has 4 atom stereocenters. The molecule has 7 rings (SSSR count). The molecule has 8 nitrogen and oxygen atoms in total. The number of nitrogens with zero attached hydrogens (tertiary/aromatic N) is 4. The van der Waals surface area contributed by atoms with Crippen LogP contribution in [0, 0.1) is 5.92 Å². The quantitative estimate of drug-likeness (QED) is 0.496. The van der Waals surface area contributed by atoms with Crippen molar-refractivity contribution >= 4 is 38.7 Å². The summed E-state index contributed by atoms with van der Waals surface area (Å²) in [6, 6.07) is 8.80. The molecule has 1 amide bonds. The Morgan fingerprint density at radius 3 is 3.12 bits per heavy atom. The summed E-state index contributed by atoms with van der Waals surface area (Å²) >= 11 is 1.45. The number of thiazole rings is 1. The SMILES string of the molecule is CC(=O)NC12CC3CC1C(C2)N3Cc1cc2ncc(Oc3nc4ncccc4s3)cc2o1. The van der Waals surface area contributed by atoms with Crippen LogP contribution in [-0.4, -0.2) is 43.4 Å². The molecule has 0 aromatic carbocycles. The lowest BCUT2D eigenvalue weighted by molar-refractivity contribution is -0.127. The summed E-state index contributed by atoms with van der Waals surface area (Å²) in [5, 5.41) is 3.77. The largest absolute Gasteiger partial charge is 0.458 e. The molecule has 1 N–H and O–H groups in total. The second kappa shape index (κ2) is 6.49. The smallest absolute Gasteiger partial charge is 0.281 e. The van der Waals surface area contributed by atoms with Gasteiger partial charge in [-0.1, -0.05) is 11.3 Å². The number of pyridine rings is 2. The molecule has 4 aromatic heterocycles. The Kier molecular flexibility index (Phi) is 3.76. The molecule has 2 saturated carbocycles. The molecular formula is C23H21N5O3S. The van der Waals surface area contributed by atoms with Crippen LogP contribution in [-0.2, 0) is 11.3 Å². The Labute approximate surface area is 187 Å². The molecule has 32 heavy (non-hydrogen) atoms. The molecule has 3 fully saturated rings. The Bertz CT molecular complexity index is 1350. The Morgan fingerprint density at radius 2 is 2.31 bits per heavy atom. The zero-order valence-electron chi connectivity index (χ0n) is 17.4. The van der Waals surface area contributed by atoms with E-state index in [1.54, 1.807) is 19.3 Å². The predicted molar refractivity (Wildman–Crippen MR) is 119 cm³/mol. The number of piperidine rings is 2. The van der Waals surface area contributed by atoms with Crippen LogP contribution in [0.15, 0.2) is 41.1 Å². The minimum absolute atomic E-state index is 0.0511. The summed E-state index contributed by atoms with van der Waals surface area (Å²) < 4.78 is 13.0. The predicted octanol–water partition coefficient (Wildman–Crippen LogP) is 3.87. The number of likely N-dealkylation sites (tertiary alicyclic amines) is 1. The van der Waals surface area contributed by atoms with Crippen molar-refractivity contribution in [3.8, 4) is 10.9 Å². The number of aromatic nitrogens is 3. The first-order valence-electron chi connectivity index (χ1n) is 10.9. The van der Waals surface area contributed by atoms with Gasteiger partial charge in [-0.3, -0.25) is 9.69 Å². The number of ether oxygens (including phenoxy) is 1. The van der Waals surface area contributed by atoms with Crippen molar-refractivity contribution in [1.29, 1.82) is 0 Å². The van der Waals surface area contributed by atoms with E-state index in [9.17, 15) is 4.79 Å². The van der Waals surface area contributed by atoms with Crippen LogP contribution in [0.4, 0.5) is 0 Å². The molecule has 0 spiro atoms. The molecule has 0 radical (unpaired) electrons. The number of hydrogen-bond acceptors (Lipinski definition) is 8. The summed E-state index contributed by atoms with van der Waals surface area (Å²) in [5.74, 6) is 2.17. The van der Waals surface area contributed by atoms with Crippen LogP contribution >= 0.6 is 11.3 Å². The summed E-state index contributed by atoms with van der Waals surface area (Å²) in [6.07, 6.45) is 6.67. The molecule has 2 bridgehead atoms. The van der Waals surface area contributed by atoms with Crippen LogP contribution < -0.4 is 10.1 Å². The van der Waals surface area contributed by atoms with Gasteiger partial charge >= 0.3 is 0 Å². The Hall–Kier alpha value is -3.04. The Balaban J connectivity index is 1.09. The summed E-state index contributed by atoms with van der Waals surface area (Å²) in [6.45, 7) is 2.40. The fourth-order valence-corrected chi connectivity index (χ4v) is 6.90. The maximum absolute atomic E-state index is 11.6. The van der Waals surface area contributed by atoms with Crippen LogP contribution in [0.3, 0.4) is 0 Å². The third-order valence-corrected chi connectivity index (χ3v) is 8.17. The highest BCUT2D eigenvalue weighted by molar-refractivity contribution is 7.20. The first-order valence-corrected chi connectivity index (χ1v) is 11.7. The zero-order chi connectivity index (χ0) is 21.4. The number of rotatable bonds is 5. The van der Waals surface area contributed by atoms with E-state index in [2.05, 4.69) is 25.2 Å².